The Hall–Kier alpha value is -6.64. The summed E-state index contributed by atoms with van der Waals surface area (Å²) in [6.07, 6.45) is 3.11. The minimum Gasteiger partial charge on any atom is -0.493 e. The summed E-state index contributed by atoms with van der Waals surface area (Å²) in [7, 11) is 1.53. The van der Waals surface area contributed by atoms with E-state index < -0.39 is 11.9 Å². The number of anilines is 1. The van der Waals surface area contributed by atoms with Gasteiger partial charge in [-0.1, -0.05) is 91.0 Å². The third kappa shape index (κ3) is 11.8. The number of methoxy groups -OCH3 is 1. The lowest BCUT2D eigenvalue weighted by atomic mass is 9.93. The first-order valence-corrected chi connectivity index (χ1v) is 21.1. The number of nitrogens with one attached hydrogen (secondary N) is 2. The van der Waals surface area contributed by atoms with Crippen molar-refractivity contribution in [1.82, 2.24) is 20.2 Å². The maximum absolute atomic E-state index is 15.1. The Balaban J connectivity index is 0.000000292. The van der Waals surface area contributed by atoms with Crippen molar-refractivity contribution in [2.24, 2.45) is 17.8 Å². The molecule has 6 aromatic rings. The average molecular weight is 890 g/mol. The van der Waals surface area contributed by atoms with Crippen molar-refractivity contribution in [3.8, 4) is 23.1 Å². The first kappa shape index (κ1) is 44.4. The highest BCUT2D eigenvalue weighted by atomic mass is 35.5. The van der Waals surface area contributed by atoms with Gasteiger partial charge in [-0.15, -0.1) is 0 Å². The van der Waals surface area contributed by atoms with Crippen LogP contribution in [0.1, 0.15) is 35.4 Å². The molecule has 1 saturated carbocycles. The third-order valence-corrected chi connectivity index (χ3v) is 11.6. The van der Waals surface area contributed by atoms with Gasteiger partial charge in [0.05, 0.1) is 37.0 Å². The van der Waals surface area contributed by atoms with Crippen LogP contribution in [0.5, 0.6) is 23.1 Å². The molecule has 2 amide bonds. The van der Waals surface area contributed by atoms with Gasteiger partial charge in [-0.05, 0) is 95.7 Å². The van der Waals surface area contributed by atoms with E-state index in [9.17, 15) is 19.5 Å². The number of carbonyl (C=O) groups is 3. The second kappa shape index (κ2) is 21.0. The Labute approximate surface area is 374 Å². The van der Waals surface area contributed by atoms with Crippen molar-refractivity contribution in [3.63, 3.8) is 0 Å². The van der Waals surface area contributed by atoms with Gasteiger partial charge in [0.15, 0.2) is 28.2 Å². The highest BCUT2D eigenvalue weighted by Gasteiger charge is 2.42. The number of halogens is 2. The largest absolute Gasteiger partial charge is 0.493 e. The molecule has 324 valence electrons. The molecule has 1 saturated heterocycles. The lowest BCUT2D eigenvalue weighted by molar-refractivity contribution is -0.119. The van der Waals surface area contributed by atoms with E-state index >= 15 is 4.39 Å². The van der Waals surface area contributed by atoms with Gasteiger partial charge in [0.2, 0.25) is 17.0 Å². The highest BCUT2D eigenvalue weighted by Crippen LogP contribution is 2.43. The molecule has 2 aliphatic rings. The Morgan fingerprint density at radius 1 is 0.857 bits per heavy atom. The predicted molar refractivity (Wildman–Crippen MR) is 242 cm³/mol. The van der Waals surface area contributed by atoms with E-state index in [2.05, 4.69) is 20.6 Å². The van der Waals surface area contributed by atoms with Crippen molar-refractivity contribution in [2.75, 3.05) is 32.1 Å². The fourth-order valence-electron chi connectivity index (χ4n) is 8.06. The van der Waals surface area contributed by atoms with Crippen molar-refractivity contribution in [3.05, 3.63) is 150 Å². The summed E-state index contributed by atoms with van der Waals surface area (Å²) in [5.41, 5.74) is 3.79. The Morgan fingerprint density at radius 3 is 2.13 bits per heavy atom. The van der Waals surface area contributed by atoms with E-state index in [0.717, 1.165) is 29.5 Å². The van der Waals surface area contributed by atoms with Crippen molar-refractivity contribution in [2.45, 2.75) is 31.6 Å². The van der Waals surface area contributed by atoms with Crippen LogP contribution >= 0.6 is 23.8 Å². The molecule has 0 spiro atoms. The van der Waals surface area contributed by atoms with E-state index in [1.807, 2.05) is 91.0 Å². The van der Waals surface area contributed by atoms with Crippen LogP contribution in [0.4, 0.5) is 14.9 Å². The minimum atomic E-state index is -0.855. The van der Waals surface area contributed by atoms with Crippen molar-refractivity contribution < 1.29 is 38.1 Å². The van der Waals surface area contributed by atoms with Gasteiger partial charge in [0.25, 0.3) is 0 Å². The average Bonchev–Trinajstić information content (AvgIpc) is 3.86. The van der Waals surface area contributed by atoms with Crippen LogP contribution in [0.25, 0.3) is 10.9 Å². The highest BCUT2D eigenvalue weighted by molar-refractivity contribution is 7.80. The van der Waals surface area contributed by atoms with E-state index in [-0.39, 0.29) is 40.2 Å². The summed E-state index contributed by atoms with van der Waals surface area (Å²) in [5, 5.41) is 14.9. The predicted octanol–water partition coefficient (Wildman–Crippen LogP) is 9.42. The van der Waals surface area contributed by atoms with Crippen LogP contribution in [-0.4, -0.2) is 69.1 Å². The molecule has 1 aliphatic heterocycles. The van der Waals surface area contributed by atoms with Gasteiger partial charge >= 0.3 is 6.09 Å². The fraction of sp³-hybridized carbons (Fsp3) is 0.250. The van der Waals surface area contributed by atoms with Crippen molar-refractivity contribution >= 4 is 62.8 Å². The van der Waals surface area contributed by atoms with E-state index in [4.69, 9.17) is 38.0 Å². The molecule has 2 fully saturated rings. The van der Waals surface area contributed by atoms with Gasteiger partial charge in [0.1, 0.15) is 6.33 Å². The minimum absolute atomic E-state index is 0.0431. The van der Waals surface area contributed by atoms with Gasteiger partial charge in [-0.25, -0.2) is 19.2 Å². The number of fused-ring (bicyclic) bond motifs is 2. The number of ether oxygens (including phenoxy) is 3. The molecule has 1 aliphatic carbocycles. The van der Waals surface area contributed by atoms with Crippen LogP contribution in [0.2, 0.25) is 0 Å². The topological polar surface area (TPSA) is 152 Å². The zero-order valence-electron chi connectivity index (χ0n) is 34.3. The maximum atomic E-state index is 15.1. The van der Waals surface area contributed by atoms with Gasteiger partial charge < -0.3 is 34.9 Å². The SMILES string of the molecule is COc1cc2c(Oc3ccc(NC(=S)NC(=O)Cc4ccccc4)cc3F)ncnc2cc1OCC1CC2CN(C(=O)O)CC2C1.O=C(Cl)C(Cc1ccccc1)c1ccccc1. The zero-order valence-corrected chi connectivity index (χ0v) is 35.9. The molecule has 3 N–H and O–H groups in total. The lowest BCUT2D eigenvalue weighted by Gasteiger charge is -2.18. The maximum Gasteiger partial charge on any atom is 0.407 e. The molecule has 2 heterocycles. The molecule has 3 unspecified atom stereocenters. The van der Waals surface area contributed by atoms with Crippen LogP contribution in [0.3, 0.4) is 0 Å². The Bertz CT molecular complexity index is 2540. The van der Waals surface area contributed by atoms with Gasteiger partial charge in [0, 0.05) is 30.9 Å². The summed E-state index contributed by atoms with van der Waals surface area (Å²) < 4.78 is 32.8. The van der Waals surface area contributed by atoms with E-state index in [1.165, 1.54) is 30.5 Å². The fourth-order valence-corrected chi connectivity index (χ4v) is 8.50. The summed E-state index contributed by atoms with van der Waals surface area (Å²) in [5.74, 6) is 0.834. The number of aromatic nitrogens is 2. The second-order valence-corrected chi connectivity index (χ2v) is 16.2. The van der Waals surface area contributed by atoms with Crippen LogP contribution in [0.15, 0.2) is 128 Å². The molecular weight excluding hydrogens is 845 g/mol. The molecular formula is C48H45ClFN5O7S. The molecule has 63 heavy (non-hydrogen) atoms. The first-order chi connectivity index (χ1) is 30.5. The number of thiocarbonyl (C=S) groups is 1. The molecule has 0 bridgehead atoms. The number of likely N-dealkylation sites (tertiary alicyclic amines) is 1. The summed E-state index contributed by atoms with van der Waals surface area (Å²) >= 11 is 10.9. The number of amides is 2. The quantitative estimate of drug-likeness (QED) is 0.0751. The van der Waals surface area contributed by atoms with Crippen LogP contribution in [-0.2, 0) is 22.4 Å². The normalized spacial score (nSPS) is 16.8. The monoisotopic (exact) mass is 889 g/mol. The van der Waals surface area contributed by atoms with Crippen LogP contribution < -0.4 is 24.8 Å². The molecule has 15 heteroatoms. The number of carboxylic acid groups (broad SMARTS) is 1. The smallest absolute Gasteiger partial charge is 0.407 e. The summed E-state index contributed by atoms with van der Waals surface area (Å²) in [6.45, 7) is 1.63. The Morgan fingerprint density at radius 2 is 1.51 bits per heavy atom. The molecule has 0 radical (unpaired) electrons. The molecule has 8 rings (SSSR count). The molecule has 12 nitrogen and oxygen atoms in total. The zero-order chi connectivity index (χ0) is 44.3. The van der Waals surface area contributed by atoms with Crippen LogP contribution in [0, 0.1) is 23.6 Å². The number of hydrogen-bond acceptors (Lipinski definition) is 9. The van der Waals surface area contributed by atoms with Crippen molar-refractivity contribution in [1.29, 1.82) is 0 Å². The number of hydrogen-bond donors (Lipinski definition) is 3. The molecule has 5 aromatic carbocycles. The van der Waals surface area contributed by atoms with Gasteiger partial charge in [-0.2, -0.15) is 0 Å². The number of nitrogens with zero attached hydrogens (tertiary/aromatic N) is 3. The lowest BCUT2D eigenvalue weighted by Crippen LogP contribution is -2.35. The Kier molecular flexibility index (Phi) is 14.8. The molecule has 1 aromatic heterocycles. The molecule has 3 atom stereocenters. The third-order valence-electron chi connectivity index (χ3n) is 11.1. The van der Waals surface area contributed by atoms with Gasteiger partial charge in [-0.3, -0.25) is 9.59 Å². The number of carbonyl (C=O) groups excluding carboxylic acids is 2. The van der Waals surface area contributed by atoms with E-state index in [0.29, 0.717) is 72.0 Å². The second-order valence-electron chi connectivity index (χ2n) is 15.4. The standard InChI is InChI=1S/C33H32FN5O6S.C15H13ClO/c1-43-28-13-24-26(14-29(28)44-17-20-9-21-15-39(33(41)42)16-22(21)10-20)35-18-36-31(24)45-27-8-7-23(12-25(27)34)37-32(46)38-30(40)11-19-5-3-2-4-6-19;16-15(17)14(13-9-5-2-6-10-13)11-12-7-3-1-4-8-12/h2-8,12-14,18,20-22H,9-11,15-17H2,1H3,(H,41,42)(H2,37,38,40,46);1-10,14H,11H2. The first-order valence-electron chi connectivity index (χ1n) is 20.4. The number of rotatable bonds is 13. The van der Waals surface area contributed by atoms with E-state index in [1.54, 1.807) is 18.2 Å². The number of benzene rings is 5. The summed E-state index contributed by atoms with van der Waals surface area (Å²) in [4.78, 5) is 45.2. The summed E-state index contributed by atoms with van der Waals surface area (Å²) in [6, 6.07) is 36.5.